The van der Waals surface area contributed by atoms with Gasteiger partial charge in [0.2, 0.25) is 5.82 Å². The second kappa shape index (κ2) is 7.06. The average Bonchev–Trinajstić information content (AvgIpc) is 2.62. The normalized spacial score (nSPS) is 20.1. The van der Waals surface area contributed by atoms with Crippen LogP contribution in [0.2, 0.25) is 0 Å². The molecule has 2 heterocycles. The molecule has 0 aliphatic carbocycles. The summed E-state index contributed by atoms with van der Waals surface area (Å²) in [5, 5.41) is 23.5. The third kappa shape index (κ3) is 3.34. The van der Waals surface area contributed by atoms with Gasteiger partial charge in [0.15, 0.2) is 0 Å². The van der Waals surface area contributed by atoms with Crippen LogP contribution in [0.25, 0.3) is 0 Å². The highest BCUT2D eigenvalue weighted by Crippen LogP contribution is 2.32. The van der Waals surface area contributed by atoms with Gasteiger partial charge in [-0.3, -0.25) is 10.1 Å². The van der Waals surface area contributed by atoms with Gasteiger partial charge in [-0.25, -0.2) is 4.98 Å². The minimum absolute atomic E-state index is 0.00386. The molecule has 0 bridgehead atoms. The second-order valence-electron chi connectivity index (χ2n) is 5.56. The quantitative estimate of drug-likeness (QED) is 0.684. The molecule has 3 rings (SSSR count). The number of nitriles is 1. The smallest absolute Gasteiger partial charge is 0.328 e. The second-order valence-corrected chi connectivity index (χ2v) is 5.56. The first kappa shape index (κ1) is 15.9. The van der Waals surface area contributed by atoms with Gasteiger partial charge < -0.3 is 10.1 Å². The summed E-state index contributed by atoms with van der Waals surface area (Å²) in [4.78, 5) is 14.8. The lowest BCUT2D eigenvalue weighted by molar-refractivity contribution is -0.384. The van der Waals surface area contributed by atoms with E-state index in [0.29, 0.717) is 13.0 Å². The molecule has 1 aliphatic heterocycles. The fourth-order valence-electron chi connectivity index (χ4n) is 2.86. The topological polar surface area (TPSA) is 101 Å². The van der Waals surface area contributed by atoms with E-state index >= 15 is 0 Å². The van der Waals surface area contributed by atoms with Gasteiger partial charge >= 0.3 is 5.69 Å². The first-order chi connectivity index (χ1) is 11.7. The average molecular weight is 324 g/mol. The van der Waals surface area contributed by atoms with Crippen molar-refractivity contribution in [1.29, 1.82) is 5.26 Å². The number of rotatable bonds is 4. The Labute approximate surface area is 139 Å². The maximum absolute atomic E-state index is 11.3. The largest absolute Gasteiger partial charge is 0.373 e. The van der Waals surface area contributed by atoms with Crippen LogP contribution in [-0.4, -0.2) is 22.6 Å². The van der Waals surface area contributed by atoms with E-state index in [4.69, 9.17) is 10.00 Å². The summed E-state index contributed by atoms with van der Waals surface area (Å²) in [7, 11) is 0. The van der Waals surface area contributed by atoms with Gasteiger partial charge in [-0.15, -0.1) is 0 Å². The van der Waals surface area contributed by atoms with Crippen LogP contribution in [0.1, 0.15) is 30.1 Å². The lowest BCUT2D eigenvalue weighted by Crippen LogP contribution is -2.30. The zero-order chi connectivity index (χ0) is 16.9. The van der Waals surface area contributed by atoms with Crippen LogP contribution in [0.3, 0.4) is 0 Å². The molecule has 1 N–H and O–H groups in total. The highest BCUT2D eigenvalue weighted by Gasteiger charge is 2.28. The molecule has 24 heavy (non-hydrogen) atoms. The van der Waals surface area contributed by atoms with Gasteiger partial charge in [-0.2, -0.15) is 5.26 Å². The van der Waals surface area contributed by atoms with Crippen LogP contribution >= 0.6 is 0 Å². The van der Waals surface area contributed by atoms with Crippen molar-refractivity contribution in [2.75, 3.05) is 11.9 Å². The Morgan fingerprint density at radius 3 is 2.83 bits per heavy atom. The van der Waals surface area contributed by atoms with Crippen molar-refractivity contribution in [3.8, 4) is 6.07 Å². The number of nitrogens with one attached hydrogen (secondary N) is 1. The minimum Gasteiger partial charge on any atom is -0.373 e. The number of benzene rings is 1. The van der Waals surface area contributed by atoms with E-state index in [-0.39, 0.29) is 29.2 Å². The third-order valence-electron chi connectivity index (χ3n) is 4.02. The van der Waals surface area contributed by atoms with Crippen LogP contribution in [0.4, 0.5) is 11.5 Å². The molecule has 1 aliphatic rings. The SMILES string of the molecule is N#Cc1ccnc(NC2CCOC(c3ccccc3)C2)c1[N+](=O)[O-]. The Hall–Kier alpha value is -2.98. The fraction of sp³-hybridized carbons (Fsp3) is 0.294. The zero-order valence-corrected chi connectivity index (χ0v) is 12.9. The summed E-state index contributed by atoms with van der Waals surface area (Å²) < 4.78 is 5.81. The van der Waals surface area contributed by atoms with Crippen LogP contribution < -0.4 is 5.32 Å². The molecule has 1 fully saturated rings. The summed E-state index contributed by atoms with van der Waals surface area (Å²) in [5.74, 6) is 0.137. The molecule has 122 valence electrons. The summed E-state index contributed by atoms with van der Waals surface area (Å²) in [5.41, 5.74) is 0.809. The molecule has 0 amide bonds. The number of pyridine rings is 1. The van der Waals surface area contributed by atoms with Crippen molar-refractivity contribution in [2.24, 2.45) is 0 Å². The zero-order valence-electron chi connectivity index (χ0n) is 12.9. The maximum Gasteiger partial charge on any atom is 0.328 e. The number of nitrogens with zero attached hydrogens (tertiary/aromatic N) is 3. The minimum atomic E-state index is -0.568. The van der Waals surface area contributed by atoms with Gasteiger partial charge in [-0.1, -0.05) is 30.3 Å². The number of hydrogen-bond acceptors (Lipinski definition) is 6. The molecular weight excluding hydrogens is 308 g/mol. The molecule has 7 heteroatoms. The number of aromatic nitrogens is 1. The fourth-order valence-corrected chi connectivity index (χ4v) is 2.86. The highest BCUT2D eigenvalue weighted by molar-refractivity contribution is 5.64. The van der Waals surface area contributed by atoms with Crippen molar-refractivity contribution in [3.05, 3.63) is 63.8 Å². The van der Waals surface area contributed by atoms with Gasteiger partial charge in [0.25, 0.3) is 0 Å². The summed E-state index contributed by atoms with van der Waals surface area (Å²) >= 11 is 0. The molecule has 2 aromatic rings. The van der Waals surface area contributed by atoms with E-state index in [0.717, 1.165) is 12.0 Å². The standard InChI is InChI=1S/C17H16N4O3/c18-11-13-6-8-19-17(16(13)21(22)23)20-14-7-9-24-15(10-14)12-4-2-1-3-5-12/h1-6,8,14-15H,7,9-10H2,(H,19,20). The van der Waals surface area contributed by atoms with Crippen molar-refractivity contribution in [2.45, 2.75) is 25.0 Å². The van der Waals surface area contributed by atoms with Gasteiger partial charge in [0.1, 0.15) is 11.6 Å². The Balaban J connectivity index is 1.79. The summed E-state index contributed by atoms with van der Waals surface area (Å²) in [6.07, 6.45) is 2.75. The van der Waals surface area contributed by atoms with E-state index in [9.17, 15) is 10.1 Å². The molecule has 1 aromatic heterocycles. The van der Waals surface area contributed by atoms with E-state index in [1.54, 1.807) is 0 Å². The van der Waals surface area contributed by atoms with E-state index < -0.39 is 4.92 Å². The predicted octanol–water partition coefficient (Wildman–Crippen LogP) is 3.19. The molecular formula is C17H16N4O3. The van der Waals surface area contributed by atoms with E-state index in [2.05, 4.69) is 10.3 Å². The molecule has 1 aromatic carbocycles. The predicted molar refractivity (Wildman–Crippen MR) is 87.4 cm³/mol. The van der Waals surface area contributed by atoms with Crippen LogP contribution in [-0.2, 0) is 4.74 Å². The van der Waals surface area contributed by atoms with Gasteiger partial charge in [0, 0.05) is 18.8 Å². The molecule has 1 saturated heterocycles. The number of ether oxygens (including phenoxy) is 1. The van der Waals surface area contributed by atoms with E-state index in [1.165, 1.54) is 12.3 Å². The third-order valence-corrected chi connectivity index (χ3v) is 4.02. The Morgan fingerprint density at radius 2 is 2.12 bits per heavy atom. The highest BCUT2D eigenvalue weighted by atomic mass is 16.6. The number of anilines is 1. The van der Waals surface area contributed by atoms with Crippen molar-refractivity contribution < 1.29 is 9.66 Å². The van der Waals surface area contributed by atoms with Crippen LogP contribution in [0.15, 0.2) is 42.6 Å². The lowest BCUT2D eigenvalue weighted by atomic mass is 9.97. The number of nitro groups is 1. The summed E-state index contributed by atoms with van der Waals surface area (Å²) in [6, 6.07) is 13.0. The lowest BCUT2D eigenvalue weighted by Gasteiger charge is -2.30. The Bertz CT molecular complexity index is 773. The maximum atomic E-state index is 11.3. The van der Waals surface area contributed by atoms with Crippen molar-refractivity contribution in [1.82, 2.24) is 4.98 Å². The summed E-state index contributed by atoms with van der Waals surface area (Å²) in [6.45, 7) is 0.558. The molecule has 7 nitrogen and oxygen atoms in total. The molecule has 2 unspecified atom stereocenters. The van der Waals surface area contributed by atoms with Crippen molar-refractivity contribution in [3.63, 3.8) is 0 Å². The Kier molecular flexibility index (Phi) is 4.68. The van der Waals surface area contributed by atoms with Gasteiger partial charge in [0.05, 0.1) is 11.0 Å². The molecule has 0 spiro atoms. The van der Waals surface area contributed by atoms with E-state index in [1.807, 2.05) is 36.4 Å². The first-order valence-corrected chi connectivity index (χ1v) is 7.65. The molecule has 2 atom stereocenters. The van der Waals surface area contributed by atoms with Gasteiger partial charge in [-0.05, 0) is 24.5 Å². The van der Waals surface area contributed by atoms with Crippen molar-refractivity contribution >= 4 is 11.5 Å². The first-order valence-electron chi connectivity index (χ1n) is 7.65. The molecule has 0 saturated carbocycles. The van der Waals surface area contributed by atoms with Crippen LogP contribution in [0, 0.1) is 21.4 Å². The van der Waals surface area contributed by atoms with Crippen LogP contribution in [0.5, 0.6) is 0 Å². The number of hydrogen-bond donors (Lipinski definition) is 1. The monoisotopic (exact) mass is 324 g/mol. The molecule has 0 radical (unpaired) electrons. The Morgan fingerprint density at radius 1 is 1.33 bits per heavy atom.